The van der Waals surface area contributed by atoms with Gasteiger partial charge in [0.1, 0.15) is 5.82 Å². The summed E-state index contributed by atoms with van der Waals surface area (Å²) in [5.41, 5.74) is 2.05. The SMILES string of the molecule is O=C(CN(CCCCO)C1CC1)Nc1cc(C2CCCC2)nn1-c1ccccc1. The summed E-state index contributed by atoms with van der Waals surface area (Å²) in [5.74, 6) is 1.27. The Labute approximate surface area is 172 Å². The van der Waals surface area contributed by atoms with Crippen molar-refractivity contribution in [2.24, 2.45) is 0 Å². The second-order valence-electron chi connectivity index (χ2n) is 8.36. The molecule has 0 bridgehead atoms. The van der Waals surface area contributed by atoms with Crippen LogP contribution in [-0.2, 0) is 4.79 Å². The molecule has 156 valence electrons. The summed E-state index contributed by atoms with van der Waals surface area (Å²) in [6.45, 7) is 1.48. The second-order valence-corrected chi connectivity index (χ2v) is 8.36. The van der Waals surface area contributed by atoms with Crippen LogP contribution >= 0.6 is 0 Å². The van der Waals surface area contributed by atoms with Gasteiger partial charge in [0.15, 0.2) is 0 Å². The summed E-state index contributed by atoms with van der Waals surface area (Å²) in [6.07, 6.45) is 8.92. The van der Waals surface area contributed by atoms with Gasteiger partial charge in [0.25, 0.3) is 0 Å². The van der Waals surface area contributed by atoms with E-state index in [1.165, 1.54) is 38.5 Å². The molecule has 2 aromatic rings. The third kappa shape index (κ3) is 5.25. The fraction of sp³-hybridized carbons (Fsp3) is 0.565. The van der Waals surface area contributed by atoms with E-state index < -0.39 is 0 Å². The van der Waals surface area contributed by atoms with Crippen LogP contribution in [0, 0.1) is 0 Å². The number of aliphatic hydroxyl groups is 1. The minimum Gasteiger partial charge on any atom is -0.396 e. The lowest BCUT2D eigenvalue weighted by atomic mass is 10.0. The van der Waals surface area contributed by atoms with E-state index in [1.807, 2.05) is 35.0 Å². The maximum Gasteiger partial charge on any atom is 0.239 e. The zero-order valence-corrected chi connectivity index (χ0v) is 17.1. The highest BCUT2D eigenvalue weighted by atomic mass is 16.3. The molecule has 4 rings (SSSR count). The number of carbonyl (C=O) groups excluding carboxylic acids is 1. The van der Waals surface area contributed by atoms with Crippen molar-refractivity contribution in [2.75, 3.05) is 25.0 Å². The van der Waals surface area contributed by atoms with Crippen LogP contribution in [0.3, 0.4) is 0 Å². The van der Waals surface area contributed by atoms with E-state index in [4.69, 9.17) is 10.2 Å². The Hall–Kier alpha value is -2.18. The van der Waals surface area contributed by atoms with Crippen molar-refractivity contribution in [3.05, 3.63) is 42.1 Å². The number of hydrogen-bond acceptors (Lipinski definition) is 4. The largest absolute Gasteiger partial charge is 0.396 e. The summed E-state index contributed by atoms with van der Waals surface area (Å²) in [4.78, 5) is 15.1. The molecule has 2 aliphatic rings. The fourth-order valence-corrected chi connectivity index (χ4v) is 4.30. The predicted octanol–water partition coefficient (Wildman–Crippen LogP) is 3.71. The van der Waals surface area contributed by atoms with Crippen LogP contribution < -0.4 is 5.32 Å². The predicted molar refractivity (Wildman–Crippen MR) is 114 cm³/mol. The van der Waals surface area contributed by atoms with E-state index in [1.54, 1.807) is 0 Å². The summed E-state index contributed by atoms with van der Waals surface area (Å²) in [6, 6.07) is 12.6. The van der Waals surface area contributed by atoms with Crippen LogP contribution in [0.25, 0.3) is 5.69 Å². The first-order valence-corrected chi connectivity index (χ1v) is 11.0. The van der Waals surface area contributed by atoms with E-state index in [0.29, 0.717) is 18.5 Å². The van der Waals surface area contributed by atoms with Gasteiger partial charge >= 0.3 is 0 Å². The van der Waals surface area contributed by atoms with Crippen LogP contribution in [-0.4, -0.2) is 51.4 Å². The van der Waals surface area contributed by atoms with Crippen LogP contribution in [0.2, 0.25) is 0 Å². The van der Waals surface area contributed by atoms with Crippen LogP contribution in [0.15, 0.2) is 36.4 Å². The van der Waals surface area contributed by atoms with E-state index >= 15 is 0 Å². The van der Waals surface area contributed by atoms with Gasteiger partial charge in [-0.3, -0.25) is 9.69 Å². The molecule has 0 aliphatic heterocycles. The molecule has 0 atom stereocenters. The molecule has 1 aromatic heterocycles. The minimum atomic E-state index is 0.0101. The number of benzene rings is 1. The van der Waals surface area contributed by atoms with E-state index in [2.05, 4.69) is 16.3 Å². The number of amides is 1. The molecule has 0 radical (unpaired) electrons. The van der Waals surface area contributed by atoms with Gasteiger partial charge < -0.3 is 10.4 Å². The number of nitrogens with zero attached hydrogens (tertiary/aromatic N) is 3. The molecular weight excluding hydrogens is 364 g/mol. The van der Waals surface area contributed by atoms with Crippen molar-refractivity contribution in [3.8, 4) is 5.69 Å². The Morgan fingerprint density at radius 3 is 2.59 bits per heavy atom. The molecule has 0 unspecified atom stereocenters. The van der Waals surface area contributed by atoms with Crippen LogP contribution in [0.5, 0.6) is 0 Å². The Balaban J connectivity index is 1.48. The quantitative estimate of drug-likeness (QED) is 0.601. The number of carbonyl (C=O) groups is 1. The zero-order chi connectivity index (χ0) is 20.1. The standard InChI is InChI=1S/C23H32N4O2/c28-15-7-6-14-26(19-12-13-19)17-23(29)24-22-16-21(18-8-4-5-9-18)25-27(22)20-10-2-1-3-11-20/h1-3,10-11,16,18-19,28H,4-9,12-15,17H2,(H,24,29). The van der Waals surface area contributed by atoms with E-state index in [-0.39, 0.29) is 12.5 Å². The van der Waals surface area contributed by atoms with Crippen LogP contribution in [0.1, 0.15) is 63.0 Å². The van der Waals surface area contributed by atoms with Gasteiger partial charge in [0, 0.05) is 24.6 Å². The maximum absolute atomic E-state index is 12.9. The summed E-state index contributed by atoms with van der Waals surface area (Å²) in [7, 11) is 0. The maximum atomic E-state index is 12.9. The number of aromatic nitrogens is 2. The van der Waals surface area contributed by atoms with Crippen molar-refractivity contribution in [1.82, 2.24) is 14.7 Å². The van der Waals surface area contributed by atoms with Gasteiger partial charge in [-0.15, -0.1) is 0 Å². The molecule has 1 heterocycles. The highest BCUT2D eigenvalue weighted by Crippen LogP contribution is 2.35. The minimum absolute atomic E-state index is 0.0101. The number of hydrogen-bond donors (Lipinski definition) is 2. The van der Waals surface area contributed by atoms with Gasteiger partial charge in [0.05, 0.1) is 17.9 Å². The van der Waals surface area contributed by atoms with Gasteiger partial charge in [-0.1, -0.05) is 31.0 Å². The molecule has 2 N–H and O–H groups in total. The monoisotopic (exact) mass is 396 g/mol. The normalized spacial score (nSPS) is 17.2. The summed E-state index contributed by atoms with van der Waals surface area (Å²) in [5, 5.41) is 17.0. The Bertz CT molecular complexity index is 794. The van der Waals surface area contributed by atoms with Gasteiger partial charge in [-0.25, -0.2) is 4.68 Å². The van der Waals surface area contributed by atoms with Crippen molar-refractivity contribution in [3.63, 3.8) is 0 Å². The van der Waals surface area contributed by atoms with E-state index in [0.717, 1.165) is 36.6 Å². The number of unbranched alkanes of at least 4 members (excludes halogenated alkanes) is 1. The number of rotatable bonds is 10. The molecule has 6 heteroatoms. The van der Waals surface area contributed by atoms with Gasteiger partial charge in [-0.2, -0.15) is 5.10 Å². The number of anilines is 1. The molecule has 29 heavy (non-hydrogen) atoms. The number of para-hydroxylation sites is 1. The summed E-state index contributed by atoms with van der Waals surface area (Å²) < 4.78 is 1.87. The van der Waals surface area contributed by atoms with Gasteiger partial charge in [0.2, 0.25) is 5.91 Å². The lowest BCUT2D eigenvalue weighted by Crippen LogP contribution is -2.36. The van der Waals surface area contributed by atoms with E-state index in [9.17, 15) is 4.79 Å². The molecule has 2 saturated carbocycles. The Kier molecular flexibility index (Phi) is 6.62. The Morgan fingerprint density at radius 1 is 1.14 bits per heavy atom. The first-order chi connectivity index (χ1) is 14.2. The number of aliphatic hydroxyl groups excluding tert-OH is 1. The van der Waals surface area contributed by atoms with Crippen molar-refractivity contribution >= 4 is 11.7 Å². The molecule has 1 amide bonds. The Morgan fingerprint density at radius 2 is 1.90 bits per heavy atom. The first kappa shape index (κ1) is 20.1. The highest BCUT2D eigenvalue weighted by molar-refractivity contribution is 5.91. The van der Waals surface area contributed by atoms with Crippen molar-refractivity contribution in [1.29, 1.82) is 0 Å². The topological polar surface area (TPSA) is 70.4 Å². The van der Waals surface area contributed by atoms with Crippen LogP contribution in [0.4, 0.5) is 5.82 Å². The average molecular weight is 397 g/mol. The highest BCUT2D eigenvalue weighted by Gasteiger charge is 2.30. The first-order valence-electron chi connectivity index (χ1n) is 11.0. The molecule has 0 saturated heterocycles. The lowest BCUT2D eigenvalue weighted by Gasteiger charge is -2.21. The molecule has 1 aromatic carbocycles. The third-order valence-corrected chi connectivity index (χ3v) is 6.03. The zero-order valence-electron chi connectivity index (χ0n) is 17.1. The van der Waals surface area contributed by atoms with Gasteiger partial charge in [-0.05, 0) is 57.2 Å². The average Bonchev–Trinajstić information content (AvgIpc) is 3.27. The number of nitrogens with one attached hydrogen (secondary N) is 1. The van der Waals surface area contributed by atoms with Crippen molar-refractivity contribution in [2.45, 2.75) is 63.3 Å². The second kappa shape index (κ2) is 9.55. The smallest absolute Gasteiger partial charge is 0.239 e. The molecule has 0 spiro atoms. The van der Waals surface area contributed by atoms with Crippen molar-refractivity contribution < 1.29 is 9.90 Å². The lowest BCUT2D eigenvalue weighted by molar-refractivity contribution is -0.117. The molecule has 2 aliphatic carbocycles. The fourth-order valence-electron chi connectivity index (χ4n) is 4.30. The molecular formula is C23H32N4O2. The summed E-state index contributed by atoms with van der Waals surface area (Å²) >= 11 is 0. The molecule has 6 nitrogen and oxygen atoms in total. The molecule has 2 fully saturated rings. The third-order valence-electron chi connectivity index (χ3n) is 6.03.